The number of H-pyrrole nitrogens is 1. The molecule has 1 aliphatic heterocycles. The average molecular weight is 475 g/mol. The summed E-state index contributed by atoms with van der Waals surface area (Å²) >= 11 is 0. The van der Waals surface area contributed by atoms with E-state index in [4.69, 9.17) is 0 Å². The van der Waals surface area contributed by atoms with Crippen molar-refractivity contribution >= 4 is 22.8 Å². The average Bonchev–Trinajstić information content (AvgIpc) is 3.40. The van der Waals surface area contributed by atoms with E-state index in [0.29, 0.717) is 30.7 Å². The Hall–Kier alpha value is -2.63. The van der Waals surface area contributed by atoms with Gasteiger partial charge in [-0.15, -0.1) is 0 Å². The Balaban J connectivity index is 1.21. The van der Waals surface area contributed by atoms with Gasteiger partial charge in [-0.25, -0.2) is 4.98 Å². The van der Waals surface area contributed by atoms with Crippen molar-refractivity contribution in [2.45, 2.75) is 72.3 Å². The van der Waals surface area contributed by atoms with E-state index >= 15 is 0 Å². The normalized spacial score (nSPS) is 36.7. The Kier molecular flexibility index (Phi) is 5.17. The first-order chi connectivity index (χ1) is 16.7. The van der Waals surface area contributed by atoms with Gasteiger partial charge in [0.1, 0.15) is 5.82 Å². The zero-order valence-corrected chi connectivity index (χ0v) is 21.5. The minimum Gasteiger partial charge on any atom is -0.349 e. The maximum absolute atomic E-state index is 13.5. The van der Waals surface area contributed by atoms with Crippen LogP contribution in [0.25, 0.3) is 11.0 Å². The molecular formula is C29H38N4O2. The van der Waals surface area contributed by atoms with Crippen molar-refractivity contribution in [2.75, 3.05) is 7.05 Å². The van der Waals surface area contributed by atoms with Crippen LogP contribution in [0.2, 0.25) is 0 Å². The third kappa shape index (κ3) is 3.31. The zero-order chi connectivity index (χ0) is 24.5. The second-order valence-electron chi connectivity index (χ2n) is 12.2. The number of carbonyl (C=O) groups excluding carboxylic acids is 2. The number of allylic oxidation sites excluding steroid dienone is 2. The molecule has 0 spiro atoms. The van der Waals surface area contributed by atoms with Gasteiger partial charge >= 0.3 is 0 Å². The molecule has 6 atom stereocenters. The van der Waals surface area contributed by atoms with E-state index in [1.807, 2.05) is 36.2 Å². The molecule has 0 radical (unpaired) electrons. The Morgan fingerprint density at radius 2 is 1.97 bits per heavy atom. The predicted octanol–water partition coefficient (Wildman–Crippen LogP) is 5.17. The van der Waals surface area contributed by atoms with Crippen molar-refractivity contribution in [2.24, 2.45) is 34.5 Å². The lowest BCUT2D eigenvalue weighted by atomic mass is 9.48. The summed E-state index contributed by atoms with van der Waals surface area (Å²) in [6.07, 6.45) is 7.05. The number of aromatic amines is 1. The Labute approximate surface area is 207 Å². The number of amides is 2. The van der Waals surface area contributed by atoms with Crippen LogP contribution in [0.15, 0.2) is 35.5 Å². The first kappa shape index (κ1) is 22.8. The van der Waals surface area contributed by atoms with Crippen molar-refractivity contribution in [1.82, 2.24) is 20.2 Å². The minimum absolute atomic E-state index is 0.0453. The standard InChI is InChI=1S/C29H38N4O2/c1-17-15-18-19-9-10-21(27(35)30-16-24-31-22-7-5-6-8-23(22)32-24)28(19,2)13-11-20(18)29(3)14-12-25(34)33(4)26(17)29/h5-8,18-21H,9-16H2,1-4H3,(H,30,35)(H,31,32)/t18?,19?,20?,21-,28+,29-/m1/s1. The number of para-hydroxylation sites is 2. The van der Waals surface area contributed by atoms with Gasteiger partial charge in [-0.1, -0.05) is 31.6 Å². The van der Waals surface area contributed by atoms with Crippen LogP contribution in [-0.4, -0.2) is 33.7 Å². The number of rotatable bonds is 3. The monoisotopic (exact) mass is 474 g/mol. The summed E-state index contributed by atoms with van der Waals surface area (Å²) in [7, 11) is 1.98. The van der Waals surface area contributed by atoms with Crippen LogP contribution in [0.1, 0.15) is 71.5 Å². The van der Waals surface area contributed by atoms with Crippen LogP contribution in [0.5, 0.6) is 0 Å². The van der Waals surface area contributed by atoms with Crippen LogP contribution in [0.4, 0.5) is 0 Å². The van der Waals surface area contributed by atoms with Crippen molar-refractivity contribution in [3.8, 4) is 0 Å². The molecule has 0 bridgehead atoms. The number of piperidine rings is 1. The van der Waals surface area contributed by atoms with Gasteiger partial charge in [0.2, 0.25) is 11.8 Å². The van der Waals surface area contributed by atoms with E-state index in [-0.39, 0.29) is 28.6 Å². The number of aromatic nitrogens is 2. The number of likely N-dealkylation sites (tertiary alicyclic amines) is 1. The van der Waals surface area contributed by atoms with Crippen LogP contribution in [0, 0.1) is 34.5 Å². The predicted molar refractivity (Wildman–Crippen MR) is 136 cm³/mol. The van der Waals surface area contributed by atoms with E-state index in [0.717, 1.165) is 55.4 Å². The van der Waals surface area contributed by atoms with Crippen molar-refractivity contribution in [3.05, 3.63) is 41.4 Å². The quantitative estimate of drug-likeness (QED) is 0.644. The number of benzene rings is 1. The molecule has 6 nitrogen and oxygen atoms in total. The van der Waals surface area contributed by atoms with Crippen LogP contribution >= 0.6 is 0 Å². The number of carbonyl (C=O) groups is 2. The fourth-order valence-electron chi connectivity index (χ4n) is 8.92. The fourth-order valence-corrected chi connectivity index (χ4v) is 8.92. The molecule has 1 saturated heterocycles. The number of nitrogens with zero attached hydrogens (tertiary/aromatic N) is 2. The second-order valence-corrected chi connectivity index (χ2v) is 12.2. The van der Waals surface area contributed by atoms with Gasteiger partial charge in [0.05, 0.1) is 17.6 Å². The molecule has 3 unspecified atom stereocenters. The molecule has 1 aromatic carbocycles. The summed E-state index contributed by atoms with van der Waals surface area (Å²) in [6, 6.07) is 7.98. The summed E-state index contributed by atoms with van der Waals surface area (Å²) in [5, 5.41) is 3.22. The molecule has 2 saturated carbocycles. The summed E-state index contributed by atoms with van der Waals surface area (Å²) in [6.45, 7) is 7.50. The second kappa shape index (κ2) is 7.94. The van der Waals surface area contributed by atoms with Crippen LogP contribution < -0.4 is 5.32 Å². The zero-order valence-electron chi connectivity index (χ0n) is 21.5. The highest BCUT2D eigenvalue weighted by Gasteiger charge is 2.61. The summed E-state index contributed by atoms with van der Waals surface area (Å²) in [5.41, 5.74) is 4.77. The Bertz CT molecular complexity index is 1200. The third-order valence-electron chi connectivity index (χ3n) is 10.5. The molecule has 3 aliphatic carbocycles. The molecule has 1 aromatic heterocycles. The highest BCUT2D eigenvalue weighted by molar-refractivity contribution is 5.81. The maximum atomic E-state index is 13.5. The van der Waals surface area contributed by atoms with E-state index in [1.54, 1.807) is 0 Å². The van der Waals surface area contributed by atoms with Gasteiger partial charge < -0.3 is 15.2 Å². The maximum Gasteiger partial charge on any atom is 0.226 e. The van der Waals surface area contributed by atoms with E-state index in [9.17, 15) is 9.59 Å². The number of hydrogen-bond acceptors (Lipinski definition) is 3. The molecule has 2 heterocycles. The van der Waals surface area contributed by atoms with Gasteiger partial charge in [0.25, 0.3) is 0 Å². The summed E-state index contributed by atoms with van der Waals surface area (Å²) in [5.74, 6) is 3.10. The fraction of sp³-hybridized carbons (Fsp3) is 0.621. The SMILES string of the molecule is CC1=C2N(C)C(=O)CC[C@]2(C)C2CC[C@@]3(C)C(CC[C@@H]3C(=O)NCc3nc4ccccc4[nH]3)C2C1. The van der Waals surface area contributed by atoms with E-state index in [1.165, 1.54) is 11.3 Å². The lowest BCUT2D eigenvalue weighted by Gasteiger charge is -2.59. The summed E-state index contributed by atoms with van der Waals surface area (Å²) in [4.78, 5) is 35.9. The van der Waals surface area contributed by atoms with Crippen LogP contribution in [0.3, 0.4) is 0 Å². The first-order valence-electron chi connectivity index (χ1n) is 13.4. The lowest BCUT2D eigenvalue weighted by Crippen LogP contribution is -2.55. The molecule has 35 heavy (non-hydrogen) atoms. The number of nitrogens with one attached hydrogen (secondary N) is 2. The highest BCUT2D eigenvalue weighted by atomic mass is 16.2. The number of hydrogen-bond donors (Lipinski definition) is 2. The highest BCUT2D eigenvalue weighted by Crippen LogP contribution is 2.66. The van der Waals surface area contributed by atoms with Gasteiger partial charge in [-0.2, -0.15) is 0 Å². The molecule has 3 fully saturated rings. The third-order valence-corrected chi connectivity index (χ3v) is 10.5. The first-order valence-corrected chi connectivity index (χ1v) is 13.4. The van der Waals surface area contributed by atoms with Crippen molar-refractivity contribution < 1.29 is 9.59 Å². The van der Waals surface area contributed by atoms with Gasteiger partial charge in [0, 0.05) is 30.5 Å². The van der Waals surface area contributed by atoms with E-state index in [2.05, 4.69) is 36.1 Å². The largest absolute Gasteiger partial charge is 0.349 e. The van der Waals surface area contributed by atoms with Crippen molar-refractivity contribution in [1.29, 1.82) is 0 Å². The van der Waals surface area contributed by atoms with Gasteiger partial charge in [-0.3, -0.25) is 9.59 Å². The van der Waals surface area contributed by atoms with Gasteiger partial charge in [-0.05, 0) is 80.8 Å². The Morgan fingerprint density at radius 1 is 1.17 bits per heavy atom. The molecule has 2 N–H and O–H groups in total. The minimum atomic E-state index is 0.0453. The van der Waals surface area contributed by atoms with E-state index < -0.39 is 0 Å². The van der Waals surface area contributed by atoms with Crippen molar-refractivity contribution in [3.63, 3.8) is 0 Å². The molecule has 186 valence electrons. The van der Waals surface area contributed by atoms with Gasteiger partial charge in [0.15, 0.2) is 0 Å². The lowest BCUT2D eigenvalue weighted by molar-refractivity contribution is -0.138. The molecule has 4 aliphatic rings. The molecule has 2 amide bonds. The molecule has 2 aromatic rings. The number of fused-ring (bicyclic) bond motifs is 6. The molecule has 6 rings (SSSR count). The topological polar surface area (TPSA) is 78.1 Å². The summed E-state index contributed by atoms with van der Waals surface area (Å²) < 4.78 is 0. The van der Waals surface area contributed by atoms with Crippen LogP contribution in [-0.2, 0) is 16.1 Å². The molecular weight excluding hydrogens is 436 g/mol. The smallest absolute Gasteiger partial charge is 0.226 e. The Morgan fingerprint density at radius 3 is 2.77 bits per heavy atom. The number of imidazole rings is 1. The molecule has 6 heteroatoms.